The fraction of sp³-hybridized carbons (Fsp3) is 0.350. The van der Waals surface area contributed by atoms with E-state index in [0.717, 1.165) is 4.47 Å². The molecule has 28 heavy (non-hydrogen) atoms. The molecule has 0 saturated carbocycles. The zero-order valence-electron chi connectivity index (χ0n) is 15.5. The lowest BCUT2D eigenvalue weighted by Gasteiger charge is -2.38. The molecule has 3 aliphatic rings. The summed E-state index contributed by atoms with van der Waals surface area (Å²) < 4.78 is 11.3. The molecule has 1 unspecified atom stereocenters. The summed E-state index contributed by atoms with van der Waals surface area (Å²) in [6.45, 7) is 2.21. The van der Waals surface area contributed by atoms with Crippen LogP contribution in [0.15, 0.2) is 45.5 Å². The number of hydrogen-bond donors (Lipinski definition) is 1. The van der Waals surface area contributed by atoms with Crippen LogP contribution in [0.3, 0.4) is 0 Å². The van der Waals surface area contributed by atoms with E-state index < -0.39 is 17.3 Å². The summed E-state index contributed by atoms with van der Waals surface area (Å²) in [5.74, 6) is -1.24. The predicted octanol–water partition coefficient (Wildman–Crippen LogP) is 2.43. The largest absolute Gasteiger partial charge is 0.465 e. The van der Waals surface area contributed by atoms with Gasteiger partial charge in [0.2, 0.25) is 11.8 Å². The van der Waals surface area contributed by atoms with Crippen molar-refractivity contribution in [3.05, 3.63) is 51.0 Å². The maximum absolute atomic E-state index is 13.8. The van der Waals surface area contributed by atoms with E-state index in [-0.39, 0.29) is 29.2 Å². The second kappa shape index (κ2) is 6.48. The molecule has 2 N–H and O–H groups in total. The second-order valence-electron chi connectivity index (χ2n) is 6.87. The summed E-state index contributed by atoms with van der Waals surface area (Å²) in [7, 11) is 1.21. The quantitative estimate of drug-likeness (QED) is 0.700. The van der Waals surface area contributed by atoms with Crippen LogP contribution >= 0.6 is 15.9 Å². The Bertz CT molecular complexity index is 996. The number of rotatable bonds is 2. The van der Waals surface area contributed by atoms with Gasteiger partial charge in [0.25, 0.3) is 0 Å². The van der Waals surface area contributed by atoms with Crippen molar-refractivity contribution in [1.29, 1.82) is 0 Å². The third-order valence-corrected chi connectivity index (χ3v) is 6.01. The minimum Gasteiger partial charge on any atom is -0.465 e. The van der Waals surface area contributed by atoms with Crippen LogP contribution in [0, 0.1) is 0 Å². The summed E-state index contributed by atoms with van der Waals surface area (Å²) in [4.78, 5) is 41.2. The number of carbonyl (C=O) groups excluding carboxylic acids is 3. The number of nitrogens with two attached hydrogens (primary N) is 1. The van der Waals surface area contributed by atoms with Crippen LogP contribution in [-0.2, 0) is 29.3 Å². The minimum absolute atomic E-state index is 0.135. The van der Waals surface area contributed by atoms with Gasteiger partial charge >= 0.3 is 5.97 Å². The van der Waals surface area contributed by atoms with Gasteiger partial charge in [-0.15, -0.1) is 0 Å². The Morgan fingerprint density at radius 1 is 1.36 bits per heavy atom. The van der Waals surface area contributed by atoms with E-state index in [0.29, 0.717) is 36.4 Å². The number of carbonyl (C=O) groups is 3. The fourth-order valence-corrected chi connectivity index (χ4v) is 4.81. The van der Waals surface area contributed by atoms with E-state index in [1.54, 1.807) is 17.0 Å². The van der Waals surface area contributed by atoms with Crippen LogP contribution in [0.25, 0.3) is 0 Å². The van der Waals surface area contributed by atoms with Gasteiger partial charge in [0, 0.05) is 35.1 Å². The van der Waals surface area contributed by atoms with Crippen LogP contribution < -0.4 is 10.6 Å². The molecular weight excluding hydrogens is 428 g/mol. The number of hydrogen-bond acceptors (Lipinski definition) is 6. The van der Waals surface area contributed by atoms with Gasteiger partial charge in [0.1, 0.15) is 16.7 Å². The highest BCUT2D eigenvalue weighted by Gasteiger charge is 2.63. The number of nitrogens with zero attached hydrogens (tertiary/aromatic N) is 1. The number of allylic oxidation sites excluding steroid dienone is 1. The van der Waals surface area contributed by atoms with Crippen LogP contribution in [-0.4, -0.2) is 31.3 Å². The third-order valence-electron chi connectivity index (χ3n) is 5.52. The molecule has 1 aliphatic carbocycles. The smallest absolute Gasteiger partial charge is 0.340 e. The van der Waals surface area contributed by atoms with E-state index in [4.69, 9.17) is 15.2 Å². The normalized spacial score (nSPS) is 23.8. The van der Waals surface area contributed by atoms with E-state index >= 15 is 0 Å². The molecule has 1 amide bonds. The van der Waals surface area contributed by atoms with Crippen molar-refractivity contribution >= 4 is 39.3 Å². The molecule has 2 aliphatic heterocycles. The third kappa shape index (κ3) is 2.24. The van der Waals surface area contributed by atoms with E-state index in [9.17, 15) is 14.4 Å². The van der Waals surface area contributed by atoms with Crippen molar-refractivity contribution in [3.8, 4) is 0 Å². The van der Waals surface area contributed by atoms with E-state index in [1.807, 2.05) is 13.0 Å². The number of esters is 1. The molecule has 1 spiro atoms. The molecule has 1 aromatic rings. The second-order valence-corrected chi connectivity index (χ2v) is 7.78. The molecular formula is C20H19BrN2O5. The number of benzene rings is 1. The van der Waals surface area contributed by atoms with Gasteiger partial charge in [-0.1, -0.05) is 15.9 Å². The average molecular weight is 447 g/mol. The average Bonchev–Trinajstić information content (AvgIpc) is 2.89. The predicted molar refractivity (Wildman–Crippen MR) is 104 cm³/mol. The number of halogens is 1. The van der Waals surface area contributed by atoms with Gasteiger partial charge in [-0.05, 0) is 31.5 Å². The molecule has 0 aromatic heterocycles. The molecule has 0 bridgehead atoms. The van der Waals surface area contributed by atoms with Crippen LogP contribution in [0.2, 0.25) is 0 Å². The highest BCUT2D eigenvalue weighted by molar-refractivity contribution is 9.10. The molecule has 1 atom stereocenters. The van der Waals surface area contributed by atoms with Gasteiger partial charge in [-0.25, -0.2) is 4.79 Å². The van der Waals surface area contributed by atoms with Crippen molar-refractivity contribution in [2.75, 3.05) is 18.6 Å². The fourth-order valence-electron chi connectivity index (χ4n) is 4.45. The lowest BCUT2D eigenvalue weighted by atomic mass is 9.64. The van der Waals surface area contributed by atoms with Crippen molar-refractivity contribution in [2.24, 2.45) is 5.73 Å². The van der Waals surface area contributed by atoms with Crippen molar-refractivity contribution in [2.45, 2.75) is 31.6 Å². The first-order chi connectivity index (χ1) is 13.4. The Morgan fingerprint density at radius 2 is 2.11 bits per heavy atom. The number of ketones is 1. The maximum atomic E-state index is 13.8. The molecule has 1 aromatic carbocycles. The van der Waals surface area contributed by atoms with Gasteiger partial charge < -0.3 is 20.1 Å². The van der Waals surface area contributed by atoms with Gasteiger partial charge in [-0.3, -0.25) is 9.59 Å². The maximum Gasteiger partial charge on any atom is 0.340 e. The lowest BCUT2D eigenvalue weighted by molar-refractivity contribution is -0.139. The molecule has 0 saturated heterocycles. The minimum atomic E-state index is -1.66. The highest BCUT2D eigenvalue weighted by atomic mass is 79.9. The number of amides is 1. The molecule has 0 fully saturated rings. The number of likely N-dealkylation sites (N-methyl/N-ethyl adjacent to an activating group) is 1. The summed E-state index contributed by atoms with van der Waals surface area (Å²) >= 11 is 3.44. The first-order valence-corrected chi connectivity index (χ1v) is 9.82. The zero-order chi connectivity index (χ0) is 20.2. The van der Waals surface area contributed by atoms with Crippen LogP contribution in [0.4, 0.5) is 5.69 Å². The molecule has 7 nitrogen and oxygen atoms in total. The molecule has 2 heterocycles. The first-order valence-electron chi connectivity index (χ1n) is 9.03. The Kier molecular flexibility index (Phi) is 4.33. The summed E-state index contributed by atoms with van der Waals surface area (Å²) in [5.41, 5.74) is 5.71. The van der Waals surface area contributed by atoms with Gasteiger partial charge in [0.15, 0.2) is 5.78 Å². The van der Waals surface area contributed by atoms with E-state index in [2.05, 4.69) is 15.9 Å². The molecule has 0 radical (unpaired) electrons. The highest BCUT2D eigenvalue weighted by Crippen LogP contribution is 2.56. The van der Waals surface area contributed by atoms with Crippen molar-refractivity contribution in [3.63, 3.8) is 0 Å². The monoisotopic (exact) mass is 446 g/mol. The zero-order valence-corrected chi connectivity index (χ0v) is 17.1. The van der Waals surface area contributed by atoms with Crippen LogP contribution in [0.1, 0.15) is 31.7 Å². The number of anilines is 1. The Hall–Kier alpha value is -2.61. The summed E-state index contributed by atoms with van der Waals surface area (Å²) in [6, 6.07) is 5.37. The standard InChI is InChI=1S/C20H19BrN2O5/c1-3-23-12-8-7-10(21)9-11(12)20(19(23)26)15-13(24)5-4-6-14(15)28-17(22)16(20)18(25)27-2/h7-9H,3-6,22H2,1-2H3. The Balaban J connectivity index is 2.15. The van der Waals surface area contributed by atoms with E-state index in [1.165, 1.54) is 7.11 Å². The topological polar surface area (TPSA) is 98.9 Å². The SMILES string of the molecule is CCN1C(=O)C2(C(C(=O)OC)=C(N)OC3=C2C(=O)CCC3)c2cc(Br)ccc21. The van der Waals surface area contributed by atoms with Gasteiger partial charge in [-0.2, -0.15) is 0 Å². The van der Waals surface area contributed by atoms with Crippen LogP contribution in [0.5, 0.6) is 0 Å². The van der Waals surface area contributed by atoms with Crippen molar-refractivity contribution < 1.29 is 23.9 Å². The Labute approximate surface area is 170 Å². The first kappa shape index (κ1) is 18.7. The Morgan fingerprint density at radius 3 is 2.79 bits per heavy atom. The van der Waals surface area contributed by atoms with Crippen molar-refractivity contribution in [1.82, 2.24) is 0 Å². The summed E-state index contributed by atoms with van der Waals surface area (Å²) in [6.07, 6.45) is 1.35. The number of fused-ring (bicyclic) bond motifs is 3. The number of ether oxygens (including phenoxy) is 2. The molecule has 4 rings (SSSR count). The molecule has 146 valence electrons. The number of Topliss-reactive ketones (excluding diaryl/α,β-unsaturated/α-hetero) is 1. The lowest BCUT2D eigenvalue weighted by Crippen LogP contribution is -2.51. The molecule has 8 heteroatoms. The van der Waals surface area contributed by atoms with Gasteiger partial charge in [0.05, 0.1) is 12.7 Å². The number of methoxy groups -OCH3 is 1. The summed E-state index contributed by atoms with van der Waals surface area (Å²) in [5, 5.41) is 0.